The number of amides is 1. The largest absolute Gasteiger partial charge is 0.294 e. The fourth-order valence-electron chi connectivity index (χ4n) is 1.24. The Labute approximate surface area is 98.5 Å². The fourth-order valence-corrected chi connectivity index (χ4v) is 1.74. The zero-order valence-corrected chi connectivity index (χ0v) is 9.61. The maximum absolute atomic E-state index is 10.9. The molecule has 0 spiro atoms. The van der Waals surface area contributed by atoms with Crippen LogP contribution in [-0.2, 0) is 11.2 Å². The van der Waals surface area contributed by atoms with Crippen LogP contribution < -0.4 is 11.3 Å². The quantitative estimate of drug-likeness (QED) is 0.487. The van der Waals surface area contributed by atoms with Gasteiger partial charge in [0.05, 0.1) is 0 Å². The average Bonchev–Trinajstić information content (AvgIpc) is 2.21. The van der Waals surface area contributed by atoms with Crippen LogP contribution in [0.3, 0.4) is 0 Å². The lowest BCUT2D eigenvalue weighted by molar-refractivity contribution is -0.121. The summed E-state index contributed by atoms with van der Waals surface area (Å²) in [5, 5.41) is 1.25. The number of benzene rings is 1. The third kappa shape index (κ3) is 4.08. The molecule has 0 aliphatic carbocycles. The van der Waals surface area contributed by atoms with E-state index >= 15 is 0 Å². The summed E-state index contributed by atoms with van der Waals surface area (Å²) < 4.78 is 0. The smallest absolute Gasteiger partial charge is 0.233 e. The number of hydrogen-bond acceptors (Lipinski definition) is 2. The number of carbonyl (C=O) groups is 1. The summed E-state index contributed by atoms with van der Waals surface area (Å²) in [6, 6.07) is 5.35. The molecule has 0 saturated heterocycles. The van der Waals surface area contributed by atoms with Crippen LogP contribution in [0.5, 0.6) is 0 Å². The maximum Gasteiger partial charge on any atom is 0.233 e. The van der Waals surface area contributed by atoms with E-state index in [0.717, 1.165) is 12.0 Å². The summed E-state index contributed by atoms with van der Waals surface area (Å²) in [6.45, 7) is 0. The standard InChI is InChI=1S/C10H12Cl2N2O/c11-8-5-4-7(9(12)6-8)2-1-3-10(15)14-13/h4-6H,1-3,13H2,(H,14,15). The van der Waals surface area contributed by atoms with Crippen LogP contribution in [0.1, 0.15) is 18.4 Å². The van der Waals surface area contributed by atoms with Crippen LogP contribution in [0.25, 0.3) is 0 Å². The molecular weight excluding hydrogens is 235 g/mol. The third-order valence-corrected chi connectivity index (χ3v) is 2.61. The summed E-state index contributed by atoms with van der Waals surface area (Å²) in [5.41, 5.74) is 3.07. The molecule has 0 radical (unpaired) electrons. The lowest BCUT2D eigenvalue weighted by Crippen LogP contribution is -2.29. The molecule has 0 aliphatic rings. The third-order valence-electron chi connectivity index (χ3n) is 2.03. The van der Waals surface area contributed by atoms with Crippen LogP contribution in [-0.4, -0.2) is 5.91 Å². The second-order valence-corrected chi connectivity index (χ2v) is 4.00. The highest BCUT2D eigenvalue weighted by molar-refractivity contribution is 6.35. The molecule has 0 atom stereocenters. The van der Waals surface area contributed by atoms with Crippen LogP contribution in [0, 0.1) is 0 Å². The lowest BCUT2D eigenvalue weighted by atomic mass is 10.1. The van der Waals surface area contributed by atoms with E-state index in [4.69, 9.17) is 29.0 Å². The first kappa shape index (κ1) is 12.3. The molecule has 0 unspecified atom stereocenters. The van der Waals surface area contributed by atoms with Crippen molar-refractivity contribution in [2.75, 3.05) is 0 Å². The van der Waals surface area contributed by atoms with Gasteiger partial charge in [0.15, 0.2) is 0 Å². The van der Waals surface area contributed by atoms with Gasteiger partial charge in [0.1, 0.15) is 0 Å². The van der Waals surface area contributed by atoms with Gasteiger partial charge in [-0.3, -0.25) is 10.2 Å². The van der Waals surface area contributed by atoms with Crippen molar-refractivity contribution in [2.24, 2.45) is 5.84 Å². The van der Waals surface area contributed by atoms with Crippen LogP contribution >= 0.6 is 23.2 Å². The van der Waals surface area contributed by atoms with Crippen molar-refractivity contribution in [3.63, 3.8) is 0 Å². The molecule has 0 aromatic heterocycles. The van der Waals surface area contributed by atoms with Crippen molar-refractivity contribution >= 4 is 29.1 Å². The molecular formula is C10H12Cl2N2O. The molecule has 1 rings (SSSR count). The van der Waals surface area contributed by atoms with E-state index in [1.165, 1.54) is 0 Å². The van der Waals surface area contributed by atoms with Crippen molar-refractivity contribution in [3.05, 3.63) is 33.8 Å². The van der Waals surface area contributed by atoms with Gasteiger partial charge in [-0.15, -0.1) is 0 Å². The van der Waals surface area contributed by atoms with Gasteiger partial charge in [-0.2, -0.15) is 0 Å². The number of nitrogens with two attached hydrogens (primary N) is 1. The summed E-state index contributed by atoms with van der Waals surface area (Å²) in [4.78, 5) is 10.9. The second-order valence-electron chi connectivity index (χ2n) is 3.16. The van der Waals surface area contributed by atoms with E-state index in [1.54, 1.807) is 12.1 Å². The van der Waals surface area contributed by atoms with Gasteiger partial charge in [-0.05, 0) is 30.5 Å². The first-order valence-corrected chi connectivity index (χ1v) is 5.32. The first-order valence-electron chi connectivity index (χ1n) is 4.57. The topological polar surface area (TPSA) is 55.1 Å². The summed E-state index contributed by atoms with van der Waals surface area (Å²) in [5.74, 6) is 4.79. The van der Waals surface area contributed by atoms with Gasteiger partial charge in [0, 0.05) is 16.5 Å². The van der Waals surface area contributed by atoms with Gasteiger partial charge in [-0.25, -0.2) is 5.84 Å². The molecule has 0 heterocycles. The van der Waals surface area contributed by atoms with Crippen molar-refractivity contribution in [1.82, 2.24) is 5.43 Å². The Kier molecular flexibility index (Phi) is 4.88. The van der Waals surface area contributed by atoms with Crippen molar-refractivity contribution in [2.45, 2.75) is 19.3 Å². The van der Waals surface area contributed by atoms with Crippen LogP contribution in [0.4, 0.5) is 0 Å². The molecule has 3 nitrogen and oxygen atoms in total. The molecule has 1 amide bonds. The van der Waals surface area contributed by atoms with Crippen molar-refractivity contribution < 1.29 is 4.79 Å². The Bertz CT molecular complexity index is 355. The van der Waals surface area contributed by atoms with Gasteiger partial charge in [0.2, 0.25) is 5.91 Å². The Hall–Kier alpha value is -0.770. The second kappa shape index (κ2) is 5.95. The SMILES string of the molecule is NNC(=O)CCCc1ccc(Cl)cc1Cl. The van der Waals surface area contributed by atoms with Gasteiger partial charge >= 0.3 is 0 Å². The molecule has 0 bridgehead atoms. The molecule has 0 fully saturated rings. The minimum absolute atomic E-state index is 0.167. The van der Waals surface area contributed by atoms with Crippen molar-refractivity contribution in [1.29, 1.82) is 0 Å². The zero-order valence-electron chi connectivity index (χ0n) is 8.09. The van der Waals surface area contributed by atoms with Crippen LogP contribution in [0.2, 0.25) is 10.0 Å². The Morgan fingerprint density at radius 3 is 2.73 bits per heavy atom. The van der Waals surface area contributed by atoms with E-state index in [-0.39, 0.29) is 5.91 Å². The number of rotatable bonds is 4. The Morgan fingerprint density at radius 1 is 1.40 bits per heavy atom. The maximum atomic E-state index is 10.9. The number of hydrazine groups is 1. The Balaban J connectivity index is 2.47. The van der Waals surface area contributed by atoms with E-state index in [0.29, 0.717) is 22.9 Å². The zero-order chi connectivity index (χ0) is 11.3. The van der Waals surface area contributed by atoms with E-state index in [9.17, 15) is 4.79 Å². The molecule has 82 valence electrons. The molecule has 1 aromatic rings. The van der Waals surface area contributed by atoms with Gasteiger partial charge < -0.3 is 0 Å². The highest BCUT2D eigenvalue weighted by Crippen LogP contribution is 2.22. The minimum Gasteiger partial charge on any atom is -0.294 e. The summed E-state index contributed by atoms with van der Waals surface area (Å²) in [7, 11) is 0. The summed E-state index contributed by atoms with van der Waals surface area (Å²) >= 11 is 11.7. The van der Waals surface area contributed by atoms with E-state index in [2.05, 4.69) is 5.43 Å². The van der Waals surface area contributed by atoms with Crippen molar-refractivity contribution in [3.8, 4) is 0 Å². The minimum atomic E-state index is -0.167. The highest BCUT2D eigenvalue weighted by Gasteiger charge is 2.03. The predicted molar refractivity (Wildman–Crippen MR) is 61.7 cm³/mol. The number of nitrogens with one attached hydrogen (secondary N) is 1. The highest BCUT2D eigenvalue weighted by atomic mass is 35.5. The first-order chi connectivity index (χ1) is 7.13. The van der Waals surface area contributed by atoms with Gasteiger partial charge in [0.25, 0.3) is 0 Å². The monoisotopic (exact) mass is 246 g/mol. The number of aryl methyl sites for hydroxylation is 1. The molecule has 5 heteroatoms. The fraction of sp³-hybridized carbons (Fsp3) is 0.300. The lowest BCUT2D eigenvalue weighted by Gasteiger charge is -2.04. The number of hydrogen-bond donors (Lipinski definition) is 2. The normalized spacial score (nSPS) is 10.1. The molecule has 15 heavy (non-hydrogen) atoms. The van der Waals surface area contributed by atoms with E-state index < -0.39 is 0 Å². The van der Waals surface area contributed by atoms with Gasteiger partial charge in [-0.1, -0.05) is 29.3 Å². The average molecular weight is 247 g/mol. The molecule has 0 aliphatic heterocycles. The Morgan fingerprint density at radius 2 is 2.13 bits per heavy atom. The van der Waals surface area contributed by atoms with Crippen LogP contribution in [0.15, 0.2) is 18.2 Å². The number of halogens is 2. The number of carbonyl (C=O) groups excluding carboxylic acids is 1. The molecule has 0 saturated carbocycles. The van der Waals surface area contributed by atoms with E-state index in [1.807, 2.05) is 6.07 Å². The predicted octanol–water partition coefficient (Wildman–Crippen LogP) is 2.31. The molecule has 1 aromatic carbocycles. The molecule has 3 N–H and O–H groups in total. The summed E-state index contributed by atoms with van der Waals surface area (Å²) in [6.07, 6.45) is 1.85.